The molecule has 0 bridgehead atoms. The van der Waals surface area contributed by atoms with Crippen LogP contribution in [-0.4, -0.2) is 18.0 Å². The third kappa shape index (κ3) is 6.02. The second-order valence-electron chi connectivity index (χ2n) is 5.75. The number of rotatable bonds is 8. The van der Waals surface area contributed by atoms with Crippen LogP contribution in [0.2, 0.25) is 0 Å². The van der Waals surface area contributed by atoms with Crippen molar-refractivity contribution in [3.63, 3.8) is 0 Å². The van der Waals surface area contributed by atoms with E-state index in [1.165, 1.54) is 0 Å². The maximum Gasteiger partial charge on any atom is 0.362 e. The molecule has 6 heteroatoms. The Morgan fingerprint density at radius 1 is 0.960 bits per heavy atom. The van der Waals surface area contributed by atoms with Gasteiger partial charge in [0.15, 0.2) is 0 Å². The summed E-state index contributed by atoms with van der Waals surface area (Å²) < 4.78 is 0. The van der Waals surface area contributed by atoms with Gasteiger partial charge >= 0.3 is 11.9 Å². The second-order valence-corrected chi connectivity index (χ2v) is 5.75. The molecular formula is C19H21NO5. The van der Waals surface area contributed by atoms with E-state index in [1.54, 1.807) is 44.2 Å². The predicted octanol–water partition coefficient (Wildman–Crippen LogP) is 3.05. The molecule has 0 spiro atoms. The standard InChI is InChI=1S/C19H21NO5/c1-14(2)17(20-24-18(21)16-11-7-4-8-12-16)19(22)25-23-13-15-9-5-3-6-10-15/h3-12,14,17,20H,13H2,1-2H3/t17-/m0/s1. The summed E-state index contributed by atoms with van der Waals surface area (Å²) in [5.74, 6) is -1.41. The first-order valence-electron chi connectivity index (χ1n) is 7.97. The minimum Gasteiger partial charge on any atom is -0.366 e. The summed E-state index contributed by atoms with van der Waals surface area (Å²) in [5.41, 5.74) is 3.72. The van der Waals surface area contributed by atoms with Gasteiger partial charge in [-0.2, -0.15) is 4.89 Å². The third-order valence-corrected chi connectivity index (χ3v) is 3.42. The molecule has 0 radical (unpaired) electrons. The fraction of sp³-hybridized carbons (Fsp3) is 0.263. The Kier molecular flexibility index (Phi) is 7.13. The molecule has 2 aromatic rings. The van der Waals surface area contributed by atoms with E-state index >= 15 is 0 Å². The van der Waals surface area contributed by atoms with Crippen LogP contribution in [0.4, 0.5) is 0 Å². The van der Waals surface area contributed by atoms with Crippen molar-refractivity contribution in [1.82, 2.24) is 5.48 Å². The van der Waals surface area contributed by atoms with Crippen LogP contribution in [0.1, 0.15) is 29.8 Å². The molecule has 0 fully saturated rings. The first-order chi connectivity index (χ1) is 12.1. The molecule has 0 unspecified atom stereocenters. The lowest BCUT2D eigenvalue weighted by molar-refractivity contribution is -0.283. The lowest BCUT2D eigenvalue weighted by Crippen LogP contribution is -2.43. The molecule has 6 nitrogen and oxygen atoms in total. The lowest BCUT2D eigenvalue weighted by Gasteiger charge is -2.19. The predicted molar refractivity (Wildman–Crippen MR) is 90.9 cm³/mol. The van der Waals surface area contributed by atoms with Crippen LogP contribution in [0, 0.1) is 5.92 Å². The zero-order chi connectivity index (χ0) is 18.1. The van der Waals surface area contributed by atoms with E-state index in [2.05, 4.69) is 5.48 Å². The number of benzene rings is 2. The fourth-order valence-electron chi connectivity index (χ4n) is 1.99. The molecule has 1 N–H and O–H groups in total. The largest absolute Gasteiger partial charge is 0.366 e. The molecule has 0 aromatic heterocycles. The molecule has 0 amide bonds. The molecule has 0 heterocycles. The summed E-state index contributed by atoms with van der Waals surface area (Å²) in [6.07, 6.45) is 0. The maximum atomic E-state index is 12.1. The van der Waals surface area contributed by atoms with Gasteiger partial charge in [0.2, 0.25) is 0 Å². The van der Waals surface area contributed by atoms with Crippen LogP contribution in [-0.2, 0) is 26.0 Å². The van der Waals surface area contributed by atoms with Crippen molar-refractivity contribution in [2.45, 2.75) is 26.5 Å². The highest BCUT2D eigenvalue weighted by Gasteiger charge is 2.26. The van der Waals surface area contributed by atoms with Gasteiger partial charge in [0, 0.05) is 0 Å². The Balaban J connectivity index is 1.82. The molecule has 25 heavy (non-hydrogen) atoms. The number of carbonyl (C=O) groups is 2. The van der Waals surface area contributed by atoms with E-state index in [1.807, 2.05) is 30.3 Å². The molecule has 132 valence electrons. The second kappa shape index (κ2) is 9.56. The molecule has 0 aliphatic rings. The molecule has 0 aliphatic heterocycles. The van der Waals surface area contributed by atoms with Crippen LogP contribution in [0.3, 0.4) is 0 Å². The first-order valence-corrected chi connectivity index (χ1v) is 7.97. The Morgan fingerprint density at radius 2 is 1.56 bits per heavy atom. The Hall–Kier alpha value is -2.70. The summed E-state index contributed by atoms with van der Waals surface area (Å²) in [5, 5.41) is 0. The molecule has 2 rings (SSSR count). The van der Waals surface area contributed by atoms with Gasteiger partial charge in [-0.25, -0.2) is 9.59 Å². The average Bonchev–Trinajstić information content (AvgIpc) is 2.63. The summed E-state index contributed by atoms with van der Waals surface area (Å²) in [6.45, 7) is 3.74. The Labute approximate surface area is 146 Å². The number of nitrogens with one attached hydrogen (secondary N) is 1. The van der Waals surface area contributed by atoms with E-state index in [0.29, 0.717) is 5.56 Å². The van der Waals surface area contributed by atoms with Gasteiger partial charge in [-0.05, 0) is 23.6 Å². The van der Waals surface area contributed by atoms with E-state index in [4.69, 9.17) is 14.6 Å². The quantitative estimate of drug-likeness (QED) is 0.587. The highest BCUT2D eigenvalue weighted by Crippen LogP contribution is 2.08. The maximum absolute atomic E-state index is 12.1. The van der Waals surface area contributed by atoms with Crippen LogP contribution in [0.25, 0.3) is 0 Å². The normalized spacial score (nSPS) is 11.8. The van der Waals surface area contributed by atoms with Crippen molar-refractivity contribution < 1.29 is 24.2 Å². The number of hydrogen-bond donors (Lipinski definition) is 1. The minimum atomic E-state index is -0.844. The fourth-order valence-corrected chi connectivity index (χ4v) is 1.99. The van der Waals surface area contributed by atoms with Crippen molar-refractivity contribution in [2.75, 3.05) is 0 Å². The van der Waals surface area contributed by atoms with Crippen molar-refractivity contribution in [1.29, 1.82) is 0 Å². The number of carbonyl (C=O) groups excluding carboxylic acids is 2. The van der Waals surface area contributed by atoms with Gasteiger partial charge in [-0.3, -0.25) is 4.89 Å². The number of hydroxylamine groups is 1. The molecule has 0 aliphatic carbocycles. The minimum absolute atomic E-state index is 0.140. The summed E-state index contributed by atoms with van der Waals surface area (Å²) in [6, 6.07) is 17.0. The van der Waals surface area contributed by atoms with Gasteiger partial charge in [0.05, 0.1) is 5.56 Å². The van der Waals surface area contributed by atoms with E-state index < -0.39 is 18.0 Å². The monoisotopic (exact) mass is 343 g/mol. The van der Waals surface area contributed by atoms with Crippen LogP contribution in [0.5, 0.6) is 0 Å². The first kappa shape index (κ1) is 18.6. The molecule has 0 saturated heterocycles. The lowest BCUT2D eigenvalue weighted by atomic mass is 10.1. The van der Waals surface area contributed by atoms with Crippen LogP contribution < -0.4 is 5.48 Å². The summed E-state index contributed by atoms with van der Waals surface area (Å²) in [7, 11) is 0. The van der Waals surface area contributed by atoms with Crippen molar-refractivity contribution in [3.05, 3.63) is 71.8 Å². The molecule has 2 aromatic carbocycles. The van der Waals surface area contributed by atoms with E-state index in [9.17, 15) is 9.59 Å². The van der Waals surface area contributed by atoms with Crippen molar-refractivity contribution in [3.8, 4) is 0 Å². The van der Waals surface area contributed by atoms with Gasteiger partial charge < -0.3 is 4.84 Å². The third-order valence-electron chi connectivity index (χ3n) is 3.42. The highest BCUT2D eigenvalue weighted by atomic mass is 17.2. The SMILES string of the molecule is CC(C)[C@H](NOC(=O)c1ccccc1)C(=O)OOCc1ccccc1. The topological polar surface area (TPSA) is 73.9 Å². The Morgan fingerprint density at radius 3 is 2.16 bits per heavy atom. The average molecular weight is 343 g/mol. The summed E-state index contributed by atoms with van der Waals surface area (Å²) in [4.78, 5) is 38.8. The zero-order valence-corrected chi connectivity index (χ0v) is 14.2. The molecule has 0 saturated carbocycles. The zero-order valence-electron chi connectivity index (χ0n) is 14.2. The van der Waals surface area contributed by atoms with E-state index in [0.717, 1.165) is 5.56 Å². The summed E-state index contributed by atoms with van der Waals surface area (Å²) >= 11 is 0. The van der Waals surface area contributed by atoms with Crippen molar-refractivity contribution >= 4 is 11.9 Å². The van der Waals surface area contributed by atoms with E-state index in [-0.39, 0.29) is 12.5 Å². The van der Waals surface area contributed by atoms with Gasteiger partial charge in [-0.15, -0.1) is 5.48 Å². The van der Waals surface area contributed by atoms with Gasteiger partial charge in [0.25, 0.3) is 0 Å². The molecule has 1 atom stereocenters. The smallest absolute Gasteiger partial charge is 0.362 e. The highest BCUT2D eigenvalue weighted by molar-refractivity contribution is 5.89. The van der Waals surface area contributed by atoms with Crippen molar-refractivity contribution in [2.24, 2.45) is 5.92 Å². The van der Waals surface area contributed by atoms with Gasteiger partial charge in [0.1, 0.15) is 12.6 Å². The number of hydrogen-bond acceptors (Lipinski definition) is 6. The molecular weight excluding hydrogens is 322 g/mol. The van der Waals surface area contributed by atoms with Gasteiger partial charge in [-0.1, -0.05) is 62.4 Å². The Bertz CT molecular complexity index is 673. The van der Waals surface area contributed by atoms with Crippen LogP contribution in [0.15, 0.2) is 60.7 Å². The van der Waals surface area contributed by atoms with Crippen LogP contribution >= 0.6 is 0 Å².